The Morgan fingerprint density at radius 3 is 2.65 bits per heavy atom. The largest absolute Gasteiger partial charge is 0.323 e. The topological polar surface area (TPSA) is 59.8 Å². The molecule has 0 fully saturated rings. The highest BCUT2D eigenvalue weighted by molar-refractivity contribution is 7.99. The predicted octanol–water partition coefficient (Wildman–Crippen LogP) is 1.96. The lowest BCUT2D eigenvalue weighted by atomic mass is 10.3. The van der Waals surface area contributed by atoms with Crippen molar-refractivity contribution in [2.24, 2.45) is 7.05 Å². The van der Waals surface area contributed by atoms with E-state index in [1.807, 2.05) is 0 Å². The fraction of sp³-hybridized carbons (Fsp3) is 0.182. The zero-order valence-corrected chi connectivity index (χ0v) is 11.0. The number of anilines is 1. The van der Waals surface area contributed by atoms with E-state index in [4.69, 9.17) is 0 Å². The van der Waals surface area contributed by atoms with Gasteiger partial charge in [-0.05, 0) is 0 Å². The number of aryl methyl sites for hydroxylation is 1. The summed E-state index contributed by atoms with van der Waals surface area (Å²) in [6.45, 7) is 0. The monoisotopic (exact) mass is 302 g/mol. The van der Waals surface area contributed by atoms with E-state index in [0.717, 1.165) is 11.8 Å². The van der Waals surface area contributed by atoms with Crippen molar-refractivity contribution in [2.45, 2.75) is 5.16 Å². The average molecular weight is 302 g/mol. The highest BCUT2D eigenvalue weighted by Gasteiger charge is 2.13. The first-order valence-corrected chi connectivity index (χ1v) is 6.37. The summed E-state index contributed by atoms with van der Waals surface area (Å²) >= 11 is 1.08. The van der Waals surface area contributed by atoms with E-state index in [9.17, 15) is 18.0 Å². The highest BCUT2D eigenvalue weighted by Crippen LogP contribution is 2.19. The lowest BCUT2D eigenvalue weighted by Gasteiger charge is -2.06. The molecule has 2 rings (SSSR count). The molecule has 1 N–H and O–H groups in total. The van der Waals surface area contributed by atoms with Crippen molar-refractivity contribution in [3.8, 4) is 0 Å². The number of nitrogens with zero attached hydrogens (tertiary/aromatic N) is 3. The van der Waals surface area contributed by atoms with Gasteiger partial charge in [-0.2, -0.15) is 0 Å². The van der Waals surface area contributed by atoms with E-state index < -0.39 is 29.0 Å². The number of carbonyl (C=O) groups excluding carboxylic acids is 1. The van der Waals surface area contributed by atoms with E-state index >= 15 is 0 Å². The molecule has 0 bridgehead atoms. The van der Waals surface area contributed by atoms with Gasteiger partial charge in [-0.25, -0.2) is 13.2 Å². The molecule has 0 radical (unpaired) electrons. The molecule has 0 aliphatic heterocycles. The summed E-state index contributed by atoms with van der Waals surface area (Å²) in [6, 6.07) is 0.969. The smallest absolute Gasteiger partial charge is 0.234 e. The molecule has 1 heterocycles. The van der Waals surface area contributed by atoms with E-state index in [1.54, 1.807) is 11.6 Å². The molecule has 0 unspecified atom stereocenters. The zero-order valence-electron chi connectivity index (χ0n) is 10.2. The lowest BCUT2D eigenvalue weighted by molar-refractivity contribution is -0.113. The van der Waals surface area contributed by atoms with Crippen molar-refractivity contribution in [3.63, 3.8) is 0 Å². The van der Waals surface area contributed by atoms with E-state index in [1.165, 1.54) is 6.33 Å². The van der Waals surface area contributed by atoms with Gasteiger partial charge in [0.1, 0.15) is 12.1 Å². The summed E-state index contributed by atoms with van der Waals surface area (Å²) < 4.78 is 40.6. The van der Waals surface area contributed by atoms with Gasteiger partial charge in [0.15, 0.2) is 16.8 Å². The molecule has 1 aromatic heterocycles. The molecular weight excluding hydrogens is 293 g/mol. The maximum Gasteiger partial charge on any atom is 0.234 e. The van der Waals surface area contributed by atoms with E-state index in [-0.39, 0.29) is 5.75 Å². The molecule has 9 heteroatoms. The Balaban J connectivity index is 1.98. The van der Waals surface area contributed by atoms with Crippen molar-refractivity contribution < 1.29 is 18.0 Å². The number of aromatic nitrogens is 3. The van der Waals surface area contributed by atoms with Crippen LogP contribution >= 0.6 is 11.8 Å². The molecule has 20 heavy (non-hydrogen) atoms. The Hall–Kier alpha value is -2.03. The van der Waals surface area contributed by atoms with Crippen LogP contribution in [0.15, 0.2) is 23.6 Å². The third-order valence-electron chi connectivity index (χ3n) is 2.29. The van der Waals surface area contributed by atoms with Crippen LogP contribution in [-0.2, 0) is 11.8 Å². The molecule has 106 valence electrons. The molecule has 0 spiro atoms. The molecule has 0 atom stereocenters. The molecule has 1 amide bonds. The van der Waals surface area contributed by atoms with Crippen LogP contribution in [0.5, 0.6) is 0 Å². The number of hydrogen-bond acceptors (Lipinski definition) is 4. The van der Waals surface area contributed by atoms with Crippen LogP contribution in [0.3, 0.4) is 0 Å². The van der Waals surface area contributed by atoms with Crippen LogP contribution in [0.25, 0.3) is 0 Å². The number of amides is 1. The number of rotatable bonds is 4. The average Bonchev–Trinajstić information content (AvgIpc) is 2.79. The van der Waals surface area contributed by atoms with E-state index in [0.29, 0.717) is 17.3 Å². The minimum Gasteiger partial charge on any atom is -0.323 e. The fourth-order valence-electron chi connectivity index (χ4n) is 1.34. The number of benzene rings is 1. The third-order valence-corrected chi connectivity index (χ3v) is 3.32. The van der Waals surface area contributed by atoms with Gasteiger partial charge in [0.05, 0.1) is 11.4 Å². The van der Waals surface area contributed by atoms with Gasteiger partial charge in [0.25, 0.3) is 0 Å². The summed E-state index contributed by atoms with van der Waals surface area (Å²) in [4.78, 5) is 11.6. The molecular formula is C11H9F3N4OS. The Bertz CT molecular complexity index is 647. The quantitative estimate of drug-likeness (QED) is 0.693. The number of halogens is 3. The predicted molar refractivity (Wildman–Crippen MR) is 66.7 cm³/mol. The van der Waals surface area contributed by atoms with Crippen molar-refractivity contribution in [2.75, 3.05) is 11.1 Å². The molecule has 0 saturated heterocycles. The van der Waals surface area contributed by atoms with Crippen molar-refractivity contribution in [1.29, 1.82) is 0 Å². The normalized spacial score (nSPS) is 10.6. The standard InChI is InChI=1S/C11H9F3N4OS/c1-18-5-15-17-11(18)20-4-10(19)16-9-3-7(13)6(12)2-8(9)14/h2-3,5H,4H2,1H3,(H,16,19). The van der Waals surface area contributed by atoms with Crippen LogP contribution in [-0.4, -0.2) is 26.4 Å². The van der Waals surface area contributed by atoms with Gasteiger partial charge >= 0.3 is 0 Å². The molecule has 1 aromatic carbocycles. The molecule has 2 aromatic rings. The minimum atomic E-state index is -1.31. The molecule has 0 aliphatic rings. The summed E-state index contributed by atoms with van der Waals surface area (Å²) in [5.74, 6) is -4.22. The lowest BCUT2D eigenvalue weighted by Crippen LogP contribution is -2.16. The second-order valence-corrected chi connectivity index (χ2v) is 4.75. The number of thioether (sulfide) groups is 1. The first-order chi connectivity index (χ1) is 9.47. The maximum atomic E-state index is 13.3. The summed E-state index contributed by atoms with van der Waals surface area (Å²) in [6.07, 6.45) is 1.47. The fourth-order valence-corrected chi connectivity index (χ4v) is 2.03. The minimum absolute atomic E-state index is 0.0645. The van der Waals surface area contributed by atoms with Crippen molar-refractivity contribution in [3.05, 3.63) is 35.9 Å². The van der Waals surface area contributed by atoms with Gasteiger partial charge in [-0.3, -0.25) is 4.79 Å². The summed E-state index contributed by atoms with van der Waals surface area (Å²) in [5, 5.41) is 10.0. The van der Waals surface area contributed by atoms with Crippen LogP contribution in [0, 0.1) is 17.5 Å². The summed E-state index contributed by atoms with van der Waals surface area (Å²) in [5.41, 5.74) is -0.410. The third kappa shape index (κ3) is 3.29. The summed E-state index contributed by atoms with van der Waals surface area (Å²) in [7, 11) is 1.70. The van der Waals surface area contributed by atoms with Gasteiger partial charge < -0.3 is 9.88 Å². The Kier molecular flexibility index (Phi) is 4.28. The highest BCUT2D eigenvalue weighted by atomic mass is 32.2. The number of nitrogens with one attached hydrogen (secondary N) is 1. The second kappa shape index (κ2) is 5.95. The van der Waals surface area contributed by atoms with Crippen LogP contribution in [0.4, 0.5) is 18.9 Å². The first-order valence-electron chi connectivity index (χ1n) is 5.38. The molecule has 0 saturated carbocycles. The SMILES string of the molecule is Cn1cnnc1SCC(=O)Nc1cc(F)c(F)cc1F. The van der Waals surface area contributed by atoms with Gasteiger partial charge in [0, 0.05) is 19.2 Å². The Labute approximate surface area is 116 Å². The number of hydrogen-bond donors (Lipinski definition) is 1. The molecule has 5 nitrogen and oxygen atoms in total. The van der Waals surface area contributed by atoms with Gasteiger partial charge in [-0.15, -0.1) is 10.2 Å². The number of carbonyl (C=O) groups is 1. The first kappa shape index (κ1) is 14.4. The second-order valence-electron chi connectivity index (χ2n) is 3.81. The van der Waals surface area contributed by atoms with Gasteiger partial charge in [-0.1, -0.05) is 11.8 Å². The van der Waals surface area contributed by atoms with E-state index in [2.05, 4.69) is 15.5 Å². The Morgan fingerprint density at radius 1 is 1.30 bits per heavy atom. The maximum absolute atomic E-state index is 13.3. The van der Waals surface area contributed by atoms with Crippen molar-refractivity contribution >= 4 is 23.4 Å². The van der Waals surface area contributed by atoms with Crippen LogP contribution in [0.1, 0.15) is 0 Å². The van der Waals surface area contributed by atoms with Crippen LogP contribution < -0.4 is 5.32 Å². The van der Waals surface area contributed by atoms with Crippen LogP contribution in [0.2, 0.25) is 0 Å². The zero-order chi connectivity index (χ0) is 14.7. The Morgan fingerprint density at radius 2 is 2.00 bits per heavy atom. The van der Waals surface area contributed by atoms with Gasteiger partial charge in [0.2, 0.25) is 5.91 Å². The van der Waals surface area contributed by atoms with Crippen molar-refractivity contribution in [1.82, 2.24) is 14.8 Å². The molecule has 0 aliphatic carbocycles.